The number of pyridine rings is 1. The monoisotopic (exact) mass is 429 g/mol. The second kappa shape index (κ2) is 8.45. The van der Waals surface area contributed by atoms with Crippen LogP contribution in [0, 0.1) is 0 Å². The Labute approximate surface area is 186 Å². The molecule has 32 heavy (non-hydrogen) atoms. The summed E-state index contributed by atoms with van der Waals surface area (Å²) in [5, 5.41) is 7.56. The standard InChI is InChI=1S/C24H27N7O/c1-3-17(2)18-6-7-22(26-15-18)31-13-9-20(28-31)24(32)27-19-8-12-30(16-19)23-21-5-4-11-29(21)14-10-25-23/h4-7,9-11,13-15,17,19H,3,8,12,16H2,1-2H3,(H,27,32). The Hall–Kier alpha value is -3.68. The maximum absolute atomic E-state index is 12.8. The average molecular weight is 430 g/mol. The van der Waals surface area contributed by atoms with Crippen molar-refractivity contribution in [1.82, 2.24) is 29.5 Å². The number of aromatic nitrogens is 5. The maximum Gasteiger partial charge on any atom is 0.272 e. The molecule has 1 N–H and O–H groups in total. The minimum absolute atomic E-state index is 0.0533. The third-order valence-electron chi connectivity index (χ3n) is 6.26. The summed E-state index contributed by atoms with van der Waals surface area (Å²) < 4.78 is 3.71. The van der Waals surface area contributed by atoms with E-state index >= 15 is 0 Å². The normalized spacial score (nSPS) is 17.1. The molecule has 0 saturated carbocycles. The van der Waals surface area contributed by atoms with Crippen LogP contribution in [0.3, 0.4) is 0 Å². The average Bonchev–Trinajstić information content (AvgIpc) is 3.59. The molecule has 1 amide bonds. The molecule has 8 nitrogen and oxygen atoms in total. The number of carbonyl (C=O) groups is 1. The molecule has 0 aliphatic carbocycles. The van der Waals surface area contributed by atoms with Crippen molar-refractivity contribution in [1.29, 1.82) is 0 Å². The predicted molar refractivity (Wildman–Crippen MR) is 123 cm³/mol. The molecular formula is C24H27N7O. The van der Waals surface area contributed by atoms with Gasteiger partial charge in [-0.15, -0.1) is 0 Å². The highest BCUT2D eigenvalue weighted by Gasteiger charge is 2.27. The lowest BCUT2D eigenvalue weighted by molar-refractivity contribution is 0.0935. The van der Waals surface area contributed by atoms with E-state index in [0.717, 1.165) is 37.3 Å². The minimum Gasteiger partial charge on any atom is -0.353 e. The number of nitrogens with zero attached hydrogens (tertiary/aromatic N) is 6. The van der Waals surface area contributed by atoms with Crippen molar-refractivity contribution in [2.75, 3.05) is 18.0 Å². The number of hydrogen-bond donors (Lipinski definition) is 1. The number of hydrogen-bond acceptors (Lipinski definition) is 5. The lowest BCUT2D eigenvalue weighted by Crippen LogP contribution is -2.37. The summed E-state index contributed by atoms with van der Waals surface area (Å²) in [6.45, 7) is 5.93. The second-order valence-corrected chi connectivity index (χ2v) is 8.36. The molecule has 5 rings (SSSR count). The van der Waals surface area contributed by atoms with Gasteiger partial charge in [-0.05, 0) is 48.6 Å². The second-order valence-electron chi connectivity index (χ2n) is 8.36. The number of amides is 1. The SMILES string of the molecule is CCC(C)c1ccc(-n2ccc(C(=O)NC3CCN(c4nccn5cccc45)C3)n2)nc1. The molecule has 4 aromatic heterocycles. The zero-order valence-corrected chi connectivity index (χ0v) is 18.3. The van der Waals surface area contributed by atoms with Gasteiger partial charge in [0.25, 0.3) is 5.91 Å². The first-order valence-electron chi connectivity index (χ1n) is 11.1. The fraction of sp³-hybridized carbons (Fsp3) is 0.333. The summed E-state index contributed by atoms with van der Waals surface area (Å²) >= 11 is 0. The predicted octanol–water partition coefficient (Wildman–Crippen LogP) is 3.44. The fourth-order valence-corrected chi connectivity index (χ4v) is 4.16. The summed E-state index contributed by atoms with van der Waals surface area (Å²) in [6.07, 6.45) is 11.4. The number of rotatable bonds is 6. The summed E-state index contributed by atoms with van der Waals surface area (Å²) in [6, 6.07) is 9.88. The molecule has 0 aromatic carbocycles. The lowest BCUT2D eigenvalue weighted by atomic mass is 10.0. The van der Waals surface area contributed by atoms with Crippen LogP contribution >= 0.6 is 0 Å². The van der Waals surface area contributed by atoms with Crippen molar-refractivity contribution in [3.8, 4) is 5.82 Å². The largest absolute Gasteiger partial charge is 0.353 e. The van der Waals surface area contributed by atoms with Gasteiger partial charge in [0.2, 0.25) is 0 Å². The molecule has 0 radical (unpaired) electrons. The van der Waals surface area contributed by atoms with Crippen LogP contribution in [0.15, 0.2) is 61.3 Å². The summed E-state index contributed by atoms with van der Waals surface area (Å²) in [4.78, 5) is 24.1. The van der Waals surface area contributed by atoms with Crippen LogP contribution in [-0.4, -0.2) is 49.2 Å². The topological polar surface area (TPSA) is 80.4 Å². The third kappa shape index (κ3) is 3.84. The van der Waals surface area contributed by atoms with E-state index in [4.69, 9.17) is 0 Å². The van der Waals surface area contributed by atoms with Gasteiger partial charge in [-0.25, -0.2) is 14.6 Å². The van der Waals surface area contributed by atoms with E-state index in [0.29, 0.717) is 17.4 Å². The molecule has 0 bridgehead atoms. The Kier molecular flexibility index (Phi) is 5.34. The van der Waals surface area contributed by atoms with Gasteiger partial charge in [0, 0.05) is 50.1 Å². The zero-order chi connectivity index (χ0) is 22.1. The van der Waals surface area contributed by atoms with Gasteiger partial charge in [-0.3, -0.25) is 4.79 Å². The fourth-order valence-electron chi connectivity index (χ4n) is 4.16. The molecule has 1 aliphatic heterocycles. The van der Waals surface area contributed by atoms with Crippen LogP contribution in [0.5, 0.6) is 0 Å². The van der Waals surface area contributed by atoms with Gasteiger partial charge >= 0.3 is 0 Å². The highest BCUT2D eigenvalue weighted by atomic mass is 16.2. The van der Waals surface area contributed by atoms with E-state index in [-0.39, 0.29) is 11.9 Å². The molecule has 0 spiro atoms. The molecule has 5 heterocycles. The molecule has 2 unspecified atom stereocenters. The third-order valence-corrected chi connectivity index (χ3v) is 6.26. The van der Waals surface area contributed by atoms with Gasteiger partial charge in [0.05, 0.1) is 5.52 Å². The van der Waals surface area contributed by atoms with Crippen LogP contribution in [0.1, 0.15) is 48.7 Å². The summed E-state index contributed by atoms with van der Waals surface area (Å²) in [5.41, 5.74) is 2.67. The first-order valence-corrected chi connectivity index (χ1v) is 11.1. The smallest absolute Gasteiger partial charge is 0.272 e. The molecule has 2 atom stereocenters. The van der Waals surface area contributed by atoms with E-state index in [1.807, 2.05) is 36.9 Å². The van der Waals surface area contributed by atoms with Gasteiger partial charge in [0.1, 0.15) is 0 Å². The summed E-state index contributed by atoms with van der Waals surface area (Å²) in [5.74, 6) is 1.96. The van der Waals surface area contributed by atoms with Gasteiger partial charge < -0.3 is 14.6 Å². The van der Waals surface area contributed by atoms with E-state index < -0.39 is 0 Å². The maximum atomic E-state index is 12.8. The molecule has 1 saturated heterocycles. The minimum atomic E-state index is -0.166. The Morgan fingerprint density at radius 1 is 1.19 bits per heavy atom. The van der Waals surface area contributed by atoms with Crippen LogP contribution in [0.4, 0.5) is 5.82 Å². The Bertz CT molecular complexity index is 1230. The van der Waals surface area contributed by atoms with Crippen LogP contribution in [0.25, 0.3) is 11.3 Å². The van der Waals surface area contributed by atoms with Crippen molar-refractivity contribution in [3.05, 3.63) is 72.6 Å². The number of anilines is 1. The highest BCUT2D eigenvalue weighted by molar-refractivity contribution is 5.92. The van der Waals surface area contributed by atoms with Gasteiger partial charge in [0.15, 0.2) is 17.3 Å². The summed E-state index contributed by atoms with van der Waals surface area (Å²) in [7, 11) is 0. The van der Waals surface area contributed by atoms with E-state index in [1.165, 1.54) is 5.56 Å². The van der Waals surface area contributed by atoms with Crippen LogP contribution < -0.4 is 10.2 Å². The molecule has 1 aliphatic rings. The Morgan fingerprint density at radius 2 is 2.09 bits per heavy atom. The molecule has 164 valence electrons. The Balaban J connectivity index is 1.23. The number of carbonyl (C=O) groups excluding carboxylic acids is 1. The van der Waals surface area contributed by atoms with Crippen molar-refractivity contribution >= 4 is 17.2 Å². The van der Waals surface area contributed by atoms with E-state index in [9.17, 15) is 4.79 Å². The van der Waals surface area contributed by atoms with Gasteiger partial charge in [-0.2, -0.15) is 5.10 Å². The number of fused-ring (bicyclic) bond motifs is 1. The van der Waals surface area contributed by atoms with E-state index in [1.54, 1.807) is 16.9 Å². The van der Waals surface area contributed by atoms with Crippen LogP contribution in [-0.2, 0) is 0 Å². The Morgan fingerprint density at radius 3 is 2.91 bits per heavy atom. The quantitative estimate of drug-likeness (QED) is 0.508. The zero-order valence-electron chi connectivity index (χ0n) is 18.3. The molecule has 1 fully saturated rings. The first kappa shape index (κ1) is 20.2. The lowest BCUT2D eigenvalue weighted by Gasteiger charge is -2.18. The van der Waals surface area contributed by atoms with E-state index in [2.05, 4.69) is 55.7 Å². The molecular weight excluding hydrogens is 402 g/mol. The van der Waals surface area contributed by atoms with Crippen molar-refractivity contribution in [2.45, 2.75) is 38.6 Å². The van der Waals surface area contributed by atoms with Crippen molar-refractivity contribution in [3.63, 3.8) is 0 Å². The van der Waals surface area contributed by atoms with Gasteiger partial charge in [-0.1, -0.05) is 19.9 Å². The van der Waals surface area contributed by atoms with Crippen molar-refractivity contribution in [2.24, 2.45) is 0 Å². The molecule has 4 aromatic rings. The first-order chi connectivity index (χ1) is 15.6. The molecule has 8 heteroatoms. The van der Waals surface area contributed by atoms with Crippen LogP contribution in [0.2, 0.25) is 0 Å². The van der Waals surface area contributed by atoms with Crippen molar-refractivity contribution < 1.29 is 4.79 Å². The highest BCUT2D eigenvalue weighted by Crippen LogP contribution is 2.23. The number of nitrogens with one attached hydrogen (secondary N) is 1.